The molecule has 0 aromatic heterocycles. The lowest BCUT2D eigenvalue weighted by Gasteiger charge is -2.39. The molecule has 17 heavy (non-hydrogen) atoms. The SMILES string of the molecule is CC(CC1CCC1)NCC1(C)CCN(C)CC1. The Morgan fingerprint density at radius 2 is 1.94 bits per heavy atom. The standard InChI is InChI=1S/C15H30N2/c1-13(11-14-5-4-6-14)16-12-15(2)7-9-17(3)10-8-15/h13-14,16H,4-12H2,1-3H3. The maximum absolute atomic E-state index is 3.79. The Labute approximate surface area is 107 Å². The molecule has 0 aromatic rings. The molecule has 1 saturated heterocycles. The largest absolute Gasteiger partial charge is 0.314 e. The number of nitrogens with zero attached hydrogens (tertiary/aromatic N) is 1. The third-order valence-electron chi connectivity index (χ3n) is 4.98. The van der Waals surface area contributed by atoms with Crippen molar-refractivity contribution in [3.63, 3.8) is 0 Å². The lowest BCUT2D eigenvalue weighted by atomic mass is 9.79. The molecule has 1 heterocycles. The Hall–Kier alpha value is -0.0800. The van der Waals surface area contributed by atoms with Crippen LogP contribution in [0.3, 0.4) is 0 Å². The molecule has 2 rings (SSSR count). The lowest BCUT2D eigenvalue weighted by Crippen LogP contribution is -2.44. The minimum Gasteiger partial charge on any atom is -0.314 e. The molecule has 2 nitrogen and oxygen atoms in total. The summed E-state index contributed by atoms with van der Waals surface area (Å²) in [7, 11) is 2.24. The second kappa shape index (κ2) is 5.71. The molecule has 0 aromatic carbocycles. The Balaban J connectivity index is 1.65. The van der Waals surface area contributed by atoms with Crippen LogP contribution in [0.1, 0.15) is 52.4 Å². The summed E-state index contributed by atoms with van der Waals surface area (Å²) in [6.45, 7) is 8.60. The Morgan fingerprint density at radius 1 is 1.29 bits per heavy atom. The number of nitrogens with one attached hydrogen (secondary N) is 1. The van der Waals surface area contributed by atoms with Gasteiger partial charge in [0.2, 0.25) is 0 Å². The van der Waals surface area contributed by atoms with Gasteiger partial charge < -0.3 is 10.2 Å². The predicted octanol–water partition coefficient (Wildman–Crippen LogP) is 2.89. The summed E-state index contributed by atoms with van der Waals surface area (Å²) in [5.74, 6) is 1.03. The van der Waals surface area contributed by atoms with E-state index in [4.69, 9.17) is 0 Å². The fourth-order valence-electron chi connectivity index (χ4n) is 3.07. The van der Waals surface area contributed by atoms with Crippen molar-refractivity contribution in [3.05, 3.63) is 0 Å². The van der Waals surface area contributed by atoms with E-state index in [1.165, 1.54) is 58.2 Å². The number of piperidine rings is 1. The van der Waals surface area contributed by atoms with Gasteiger partial charge in [-0.05, 0) is 57.7 Å². The summed E-state index contributed by atoms with van der Waals surface area (Å²) >= 11 is 0. The van der Waals surface area contributed by atoms with Crippen molar-refractivity contribution in [2.75, 3.05) is 26.7 Å². The molecule has 2 aliphatic rings. The first-order valence-electron chi connectivity index (χ1n) is 7.49. The molecule has 2 heteroatoms. The van der Waals surface area contributed by atoms with E-state index in [1.807, 2.05) is 0 Å². The van der Waals surface area contributed by atoms with Crippen molar-refractivity contribution in [1.82, 2.24) is 10.2 Å². The van der Waals surface area contributed by atoms with Crippen LogP contribution >= 0.6 is 0 Å². The molecule has 0 amide bonds. The van der Waals surface area contributed by atoms with Crippen molar-refractivity contribution < 1.29 is 0 Å². The topological polar surface area (TPSA) is 15.3 Å². The van der Waals surface area contributed by atoms with Gasteiger partial charge in [0.15, 0.2) is 0 Å². The highest BCUT2D eigenvalue weighted by molar-refractivity contribution is 4.84. The smallest absolute Gasteiger partial charge is 0.00415 e. The van der Waals surface area contributed by atoms with Crippen LogP contribution in [0.2, 0.25) is 0 Å². The van der Waals surface area contributed by atoms with E-state index in [1.54, 1.807) is 0 Å². The van der Waals surface area contributed by atoms with E-state index in [0.717, 1.165) is 12.0 Å². The number of hydrogen-bond donors (Lipinski definition) is 1. The van der Waals surface area contributed by atoms with Gasteiger partial charge in [0.05, 0.1) is 0 Å². The second-order valence-corrected chi connectivity index (χ2v) is 6.93. The molecule has 2 fully saturated rings. The fourth-order valence-corrected chi connectivity index (χ4v) is 3.07. The van der Waals surface area contributed by atoms with Crippen LogP contribution in [-0.4, -0.2) is 37.6 Å². The summed E-state index contributed by atoms with van der Waals surface area (Å²) in [4.78, 5) is 2.46. The van der Waals surface area contributed by atoms with Gasteiger partial charge in [-0.1, -0.05) is 26.2 Å². The van der Waals surface area contributed by atoms with Crippen LogP contribution in [0.4, 0.5) is 0 Å². The number of rotatable bonds is 5. The van der Waals surface area contributed by atoms with Crippen molar-refractivity contribution in [2.45, 2.75) is 58.4 Å². The Bertz CT molecular complexity index is 227. The van der Waals surface area contributed by atoms with Crippen LogP contribution in [0, 0.1) is 11.3 Å². The molecule has 1 atom stereocenters. The van der Waals surface area contributed by atoms with Crippen LogP contribution in [0.25, 0.3) is 0 Å². The van der Waals surface area contributed by atoms with Gasteiger partial charge >= 0.3 is 0 Å². The average molecular weight is 238 g/mol. The first-order chi connectivity index (χ1) is 8.07. The van der Waals surface area contributed by atoms with Crippen LogP contribution in [0.15, 0.2) is 0 Å². The predicted molar refractivity (Wildman–Crippen MR) is 74.3 cm³/mol. The van der Waals surface area contributed by atoms with E-state index in [-0.39, 0.29) is 0 Å². The van der Waals surface area contributed by atoms with Gasteiger partial charge in [0, 0.05) is 12.6 Å². The van der Waals surface area contributed by atoms with Crippen molar-refractivity contribution in [2.24, 2.45) is 11.3 Å². The third-order valence-corrected chi connectivity index (χ3v) is 4.98. The Morgan fingerprint density at radius 3 is 2.47 bits per heavy atom. The van der Waals surface area contributed by atoms with Crippen molar-refractivity contribution in [3.8, 4) is 0 Å². The molecule has 0 radical (unpaired) electrons. The molecular formula is C15H30N2. The summed E-state index contributed by atoms with van der Waals surface area (Å²) < 4.78 is 0. The van der Waals surface area contributed by atoms with E-state index < -0.39 is 0 Å². The maximum atomic E-state index is 3.79. The first kappa shape index (κ1) is 13.4. The number of likely N-dealkylation sites (tertiary alicyclic amines) is 1. The number of hydrogen-bond acceptors (Lipinski definition) is 2. The Kier molecular flexibility index (Phi) is 4.48. The van der Waals surface area contributed by atoms with Crippen LogP contribution in [-0.2, 0) is 0 Å². The van der Waals surface area contributed by atoms with Crippen molar-refractivity contribution >= 4 is 0 Å². The molecule has 0 bridgehead atoms. The third kappa shape index (κ3) is 3.96. The highest BCUT2D eigenvalue weighted by Crippen LogP contribution is 2.32. The summed E-state index contributed by atoms with van der Waals surface area (Å²) in [6, 6.07) is 0.719. The van der Waals surface area contributed by atoms with E-state index in [2.05, 4.69) is 31.1 Å². The van der Waals surface area contributed by atoms with Crippen LogP contribution < -0.4 is 5.32 Å². The van der Waals surface area contributed by atoms with Gasteiger partial charge in [0.25, 0.3) is 0 Å². The molecule has 100 valence electrons. The molecule has 1 saturated carbocycles. The molecule has 0 spiro atoms. The molecular weight excluding hydrogens is 208 g/mol. The lowest BCUT2D eigenvalue weighted by molar-refractivity contribution is 0.131. The minimum atomic E-state index is 0.542. The second-order valence-electron chi connectivity index (χ2n) is 6.93. The van der Waals surface area contributed by atoms with Gasteiger partial charge in [-0.3, -0.25) is 0 Å². The molecule has 1 N–H and O–H groups in total. The summed E-state index contributed by atoms with van der Waals surface area (Å²) in [5.41, 5.74) is 0.542. The van der Waals surface area contributed by atoms with E-state index in [9.17, 15) is 0 Å². The maximum Gasteiger partial charge on any atom is 0.00415 e. The van der Waals surface area contributed by atoms with Gasteiger partial charge in [-0.2, -0.15) is 0 Å². The highest BCUT2D eigenvalue weighted by atomic mass is 15.1. The zero-order valence-electron chi connectivity index (χ0n) is 12.0. The van der Waals surface area contributed by atoms with E-state index >= 15 is 0 Å². The fraction of sp³-hybridized carbons (Fsp3) is 1.00. The zero-order chi connectivity index (χ0) is 12.3. The van der Waals surface area contributed by atoms with Crippen LogP contribution in [0.5, 0.6) is 0 Å². The van der Waals surface area contributed by atoms with Gasteiger partial charge in [0.1, 0.15) is 0 Å². The monoisotopic (exact) mass is 238 g/mol. The molecule has 1 unspecified atom stereocenters. The minimum absolute atomic E-state index is 0.542. The quantitative estimate of drug-likeness (QED) is 0.792. The normalized spacial score (nSPS) is 27.7. The van der Waals surface area contributed by atoms with Crippen molar-refractivity contribution in [1.29, 1.82) is 0 Å². The molecule has 1 aliphatic heterocycles. The van der Waals surface area contributed by atoms with Gasteiger partial charge in [-0.25, -0.2) is 0 Å². The van der Waals surface area contributed by atoms with E-state index in [0.29, 0.717) is 5.41 Å². The summed E-state index contributed by atoms with van der Waals surface area (Å²) in [6.07, 6.45) is 8.54. The highest BCUT2D eigenvalue weighted by Gasteiger charge is 2.29. The first-order valence-corrected chi connectivity index (χ1v) is 7.49. The average Bonchev–Trinajstić information content (AvgIpc) is 2.26. The zero-order valence-corrected chi connectivity index (χ0v) is 12.0. The molecule has 1 aliphatic carbocycles. The summed E-state index contributed by atoms with van der Waals surface area (Å²) in [5, 5.41) is 3.79. The van der Waals surface area contributed by atoms with Gasteiger partial charge in [-0.15, -0.1) is 0 Å².